The Morgan fingerprint density at radius 1 is 0.611 bits per heavy atom. The Morgan fingerprint density at radius 3 is 1.37 bits per heavy atom. The second kappa shape index (κ2) is 33.4. The molecule has 0 radical (unpaired) electrons. The molecule has 0 spiro atoms. The van der Waals surface area contributed by atoms with Crippen LogP contribution in [0.3, 0.4) is 0 Å². The highest BCUT2D eigenvalue weighted by Crippen LogP contribution is 2.43. The number of aliphatic hydroxyl groups is 2. The fraction of sp³-hybridized carbons (Fsp3) is 0.773. The minimum absolute atomic E-state index is 0.0743. The van der Waals surface area contributed by atoms with Crippen molar-refractivity contribution in [1.82, 2.24) is 0 Å². The van der Waals surface area contributed by atoms with E-state index in [-0.39, 0.29) is 19.4 Å². The second-order valence-electron chi connectivity index (χ2n) is 15.7. The molecule has 0 aromatic heterocycles. The average Bonchev–Trinajstić information content (AvgIpc) is 3.12. The van der Waals surface area contributed by atoms with Gasteiger partial charge in [-0.05, 0) is 77.0 Å². The number of nitrogens with zero attached hydrogens (tertiary/aromatic N) is 1. The van der Waals surface area contributed by atoms with Gasteiger partial charge in [0.1, 0.15) is 19.3 Å². The molecule has 0 aliphatic heterocycles. The van der Waals surface area contributed by atoms with Gasteiger partial charge in [-0.25, -0.2) is 4.57 Å². The molecule has 0 fully saturated rings. The molecule has 0 aromatic carbocycles. The van der Waals surface area contributed by atoms with Crippen LogP contribution in [0.2, 0.25) is 0 Å². The Hall–Kier alpha value is -1.71. The molecule has 9 nitrogen and oxygen atoms in total. The summed E-state index contributed by atoms with van der Waals surface area (Å²) < 4.78 is 22.9. The molecule has 10 heteroatoms. The van der Waals surface area contributed by atoms with Crippen LogP contribution >= 0.6 is 7.82 Å². The summed E-state index contributed by atoms with van der Waals surface area (Å²) in [5.41, 5.74) is -2.72. The number of hydrogen-bond donors (Lipinski definition) is 3. The van der Waals surface area contributed by atoms with Gasteiger partial charge in [-0.2, -0.15) is 0 Å². The van der Waals surface area contributed by atoms with Crippen LogP contribution in [0.5, 0.6) is 0 Å². The van der Waals surface area contributed by atoms with Crippen molar-refractivity contribution in [1.29, 1.82) is 0 Å². The molecule has 0 amide bonds. The zero-order chi connectivity index (χ0) is 40.4. The number of unbranched alkanes of at least 4 members (excludes halogenated alkanes) is 16. The van der Waals surface area contributed by atoms with Crippen LogP contribution in [0, 0.1) is 0 Å². The Balaban J connectivity index is 4.85. The predicted octanol–water partition coefficient (Wildman–Crippen LogP) is 10.7. The first-order chi connectivity index (χ1) is 25.8. The lowest BCUT2D eigenvalue weighted by molar-refractivity contribution is -0.870. The first kappa shape index (κ1) is 52.3. The van der Waals surface area contributed by atoms with Gasteiger partial charge in [0.15, 0.2) is 11.6 Å². The first-order valence-corrected chi connectivity index (χ1v) is 22.8. The summed E-state index contributed by atoms with van der Waals surface area (Å²) in [6.07, 6.45) is 37.8. The van der Waals surface area contributed by atoms with Gasteiger partial charge >= 0.3 is 7.82 Å². The van der Waals surface area contributed by atoms with E-state index in [1.165, 1.54) is 38.5 Å². The molecule has 0 aliphatic rings. The molecule has 0 bridgehead atoms. The molecule has 0 rings (SSSR count). The van der Waals surface area contributed by atoms with Crippen LogP contribution in [0.1, 0.15) is 168 Å². The highest BCUT2D eigenvalue weighted by atomic mass is 31.2. The van der Waals surface area contributed by atoms with Gasteiger partial charge in [-0.15, -0.1) is 0 Å². The van der Waals surface area contributed by atoms with Gasteiger partial charge in [-0.3, -0.25) is 18.6 Å². The molecule has 314 valence electrons. The van der Waals surface area contributed by atoms with Gasteiger partial charge in [0.05, 0.1) is 27.7 Å². The van der Waals surface area contributed by atoms with E-state index in [0.29, 0.717) is 23.9 Å². The Kier molecular flexibility index (Phi) is 32.4. The molecule has 0 saturated heterocycles. The number of carbonyl (C=O) groups excluding carboxylic acids is 2. The number of rotatable bonds is 38. The third-order valence-electron chi connectivity index (χ3n) is 9.45. The van der Waals surface area contributed by atoms with E-state index in [2.05, 4.69) is 62.5 Å². The van der Waals surface area contributed by atoms with E-state index in [4.69, 9.17) is 9.05 Å². The summed E-state index contributed by atoms with van der Waals surface area (Å²) in [5.74, 6) is -1.56. The number of phosphoric acid groups is 1. The monoisotopic (exact) mass is 783 g/mol. The van der Waals surface area contributed by atoms with Crippen LogP contribution in [-0.4, -0.2) is 83.8 Å². The lowest BCUT2D eigenvalue weighted by Crippen LogP contribution is -2.57. The average molecular weight is 783 g/mol. The maximum absolute atomic E-state index is 13.4. The fourth-order valence-electron chi connectivity index (χ4n) is 5.85. The van der Waals surface area contributed by atoms with Crippen molar-refractivity contribution in [3.05, 3.63) is 48.6 Å². The van der Waals surface area contributed by atoms with Crippen molar-refractivity contribution in [2.24, 2.45) is 0 Å². The van der Waals surface area contributed by atoms with E-state index >= 15 is 0 Å². The predicted molar refractivity (Wildman–Crippen MR) is 224 cm³/mol. The summed E-state index contributed by atoms with van der Waals surface area (Å²) in [5, 5.41) is 22.4. The Morgan fingerprint density at radius 2 is 0.981 bits per heavy atom. The normalized spacial score (nSPS) is 15.5. The molecular formula is C44H81NO8P+. The van der Waals surface area contributed by atoms with Crippen LogP contribution in [0.15, 0.2) is 48.6 Å². The van der Waals surface area contributed by atoms with E-state index in [9.17, 15) is 29.3 Å². The molecule has 0 heterocycles. The van der Waals surface area contributed by atoms with Gasteiger partial charge < -0.3 is 19.6 Å². The van der Waals surface area contributed by atoms with Crippen molar-refractivity contribution in [2.45, 2.75) is 180 Å². The number of hydrogen-bond acceptors (Lipinski definition) is 7. The molecule has 3 N–H and O–H groups in total. The summed E-state index contributed by atoms with van der Waals surface area (Å²) in [6, 6.07) is 0. The van der Waals surface area contributed by atoms with E-state index < -0.39 is 37.7 Å². The maximum atomic E-state index is 13.4. The molecule has 0 aromatic rings. The van der Waals surface area contributed by atoms with Crippen molar-refractivity contribution in [3.8, 4) is 0 Å². The van der Waals surface area contributed by atoms with Crippen molar-refractivity contribution >= 4 is 19.4 Å². The second-order valence-corrected chi connectivity index (χ2v) is 17.2. The molecule has 2 atom stereocenters. The highest BCUT2D eigenvalue weighted by Gasteiger charge is 2.49. The number of Topliss-reactive ketones (excluding diaryl/α,β-unsaturated/α-hetero) is 2. The van der Waals surface area contributed by atoms with Gasteiger partial charge in [0, 0.05) is 12.8 Å². The SMILES string of the molecule is CCCCCC=CCC=CCCCCCCCC(=O)C(O)(C(=O)CCCCCCCC=CCC=CCCCCC)[C@@H](O)COP(=O)(O)OCC[N+](C)(C)C. The van der Waals surface area contributed by atoms with Crippen molar-refractivity contribution in [3.63, 3.8) is 0 Å². The fourth-order valence-corrected chi connectivity index (χ4v) is 6.57. The third kappa shape index (κ3) is 29.6. The minimum atomic E-state index is -4.59. The number of quaternary nitrogens is 1. The number of ketones is 2. The van der Waals surface area contributed by atoms with Crippen LogP contribution < -0.4 is 0 Å². The van der Waals surface area contributed by atoms with Crippen LogP contribution in [0.25, 0.3) is 0 Å². The molecule has 1 unspecified atom stereocenters. The third-order valence-corrected chi connectivity index (χ3v) is 10.4. The molecule has 0 saturated carbocycles. The maximum Gasteiger partial charge on any atom is 0.472 e. The first-order valence-electron chi connectivity index (χ1n) is 21.3. The van der Waals surface area contributed by atoms with Gasteiger partial charge in [-0.1, -0.05) is 127 Å². The van der Waals surface area contributed by atoms with Crippen LogP contribution in [-0.2, 0) is 23.2 Å². The Bertz CT molecular complexity index is 1050. The lowest BCUT2D eigenvalue weighted by atomic mass is 9.82. The van der Waals surface area contributed by atoms with Crippen LogP contribution in [0.4, 0.5) is 0 Å². The van der Waals surface area contributed by atoms with Crippen molar-refractivity contribution < 1.29 is 42.8 Å². The molecule has 0 aliphatic carbocycles. The quantitative estimate of drug-likeness (QED) is 0.0186. The topological polar surface area (TPSA) is 130 Å². The number of phosphoric ester groups is 1. The summed E-state index contributed by atoms with van der Waals surface area (Å²) in [6.45, 7) is 3.89. The number of carbonyl (C=O) groups is 2. The Labute approximate surface area is 330 Å². The van der Waals surface area contributed by atoms with E-state index in [1.807, 2.05) is 21.1 Å². The van der Waals surface area contributed by atoms with Gasteiger partial charge in [0.2, 0.25) is 5.60 Å². The van der Waals surface area contributed by atoms with E-state index in [1.54, 1.807) is 0 Å². The zero-order valence-electron chi connectivity index (χ0n) is 35.1. The summed E-state index contributed by atoms with van der Waals surface area (Å²) in [7, 11) is 1.11. The molecular weight excluding hydrogens is 701 g/mol. The molecule has 54 heavy (non-hydrogen) atoms. The largest absolute Gasteiger partial charge is 0.472 e. The van der Waals surface area contributed by atoms with E-state index in [0.717, 1.165) is 89.9 Å². The minimum Gasteiger partial charge on any atom is -0.387 e. The number of aliphatic hydroxyl groups excluding tert-OH is 1. The summed E-state index contributed by atoms with van der Waals surface area (Å²) >= 11 is 0. The summed E-state index contributed by atoms with van der Waals surface area (Å²) in [4.78, 5) is 36.9. The standard InChI is InChI=1S/C44H80NO8P/c1-6-8-10-12-14-16-18-20-22-24-26-28-30-32-34-36-41(46)44(49,43(48)40-53-54(50,51)52-39-38-45(3,4)5)42(47)37-35-33-31-29-27-25-23-21-19-17-15-13-11-9-7-2/h14-17,20-23,43,48-49H,6-13,18-19,24-40H2,1-5H3/p+1/t43-,44?/m0/s1. The lowest BCUT2D eigenvalue weighted by Gasteiger charge is -2.30. The number of allylic oxidation sites excluding steroid dienone is 8. The smallest absolute Gasteiger partial charge is 0.387 e. The highest BCUT2D eigenvalue weighted by molar-refractivity contribution is 7.47. The van der Waals surface area contributed by atoms with Gasteiger partial charge in [0.25, 0.3) is 0 Å². The zero-order valence-corrected chi connectivity index (χ0v) is 36.0. The van der Waals surface area contributed by atoms with Crippen molar-refractivity contribution in [2.75, 3.05) is 40.9 Å². The number of likely N-dealkylation sites (N-methyl/N-ethyl adjacent to an activating group) is 1.